The lowest BCUT2D eigenvalue weighted by molar-refractivity contribution is 0.660. The first kappa shape index (κ1) is 35.3. The number of anilines is 2. The van der Waals surface area contributed by atoms with Crippen molar-refractivity contribution in [2.75, 3.05) is 4.90 Å². The van der Waals surface area contributed by atoms with Crippen LogP contribution in [0, 0.1) is 0 Å². The van der Waals surface area contributed by atoms with Crippen molar-refractivity contribution in [2.24, 2.45) is 0 Å². The second-order valence-corrected chi connectivity index (χ2v) is 16.7. The van der Waals surface area contributed by atoms with E-state index in [1.54, 1.807) is 0 Å². The quantitative estimate of drug-likeness (QED) is 0.161. The van der Waals surface area contributed by atoms with Gasteiger partial charge in [0.15, 0.2) is 0 Å². The third-order valence-electron chi connectivity index (χ3n) is 13.0. The second-order valence-electron chi connectivity index (χ2n) is 16.7. The van der Waals surface area contributed by atoms with E-state index in [1.165, 1.54) is 66.9 Å². The summed E-state index contributed by atoms with van der Waals surface area (Å²) < 4.78 is 6.35. The Morgan fingerprint density at radius 1 is 0.525 bits per heavy atom. The molecule has 11 rings (SSSR count). The maximum Gasteiger partial charge on any atom is 0.136 e. The minimum atomic E-state index is -0.0325. The van der Waals surface area contributed by atoms with Crippen LogP contribution in [0.2, 0.25) is 0 Å². The lowest BCUT2D eigenvalue weighted by Gasteiger charge is -2.37. The number of benzene rings is 7. The molecule has 2 nitrogen and oxygen atoms in total. The molecule has 0 aliphatic heterocycles. The first-order valence-corrected chi connectivity index (χ1v) is 21.0. The average molecular weight is 760 g/mol. The van der Waals surface area contributed by atoms with Gasteiger partial charge in [0.2, 0.25) is 0 Å². The number of rotatable bonds is 7. The Hall–Kier alpha value is -6.90. The largest absolute Gasteiger partial charge is 0.456 e. The molecule has 0 amide bonds. The van der Waals surface area contributed by atoms with Gasteiger partial charge in [0.05, 0.1) is 6.04 Å². The van der Waals surface area contributed by atoms with Gasteiger partial charge in [-0.2, -0.15) is 0 Å². The Labute approximate surface area is 346 Å². The predicted molar refractivity (Wildman–Crippen MR) is 248 cm³/mol. The Bertz CT molecular complexity index is 3060. The molecule has 2 atom stereocenters. The molecule has 0 N–H and O–H groups in total. The number of hydrogen-bond acceptors (Lipinski definition) is 2. The van der Waals surface area contributed by atoms with Crippen molar-refractivity contribution in [1.29, 1.82) is 0 Å². The molecule has 0 bridgehead atoms. The molecular formula is C57H45NO. The maximum absolute atomic E-state index is 6.35. The summed E-state index contributed by atoms with van der Waals surface area (Å²) in [5.74, 6) is 0.344. The third-order valence-corrected chi connectivity index (χ3v) is 13.0. The molecule has 3 aliphatic rings. The predicted octanol–water partition coefficient (Wildman–Crippen LogP) is 15.4. The van der Waals surface area contributed by atoms with Gasteiger partial charge in [0.1, 0.15) is 11.2 Å². The van der Waals surface area contributed by atoms with Gasteiger partial charge in [-0.05, 0) is 117 Å². The summed E-state index contributed by atoms with van der Waals surface area (Å²) in [6, 6.07) is 58.3. The molecular weight excluding hydrogens is 715 g/mol. The van der Waals surface area contributed by atoms with Crippen LogP contribution < -0.4 is 4.90 Å². The van der Waals surface area contributed by atoms with Crippen LogP contribution in [0.25, 0.3) is 60.9 Å². The van der Waals surface area contributed by atoms with Gasteiger partial charge in [-0.25, -0.2) is 0 Å². The van der Waals surface area contributed by atoms with Gasteiger partial charge in [0, 0.05) is 33.5 Å². The molecule has 0 saturated carbocycles. The van der Waals surface area contributed by atoms with Crippen LogP contribution in [-0.2, 0) is 5.41 Å². The van der Waals surface area contributed by atoms with Crippen molar-refractivity contribution in [3.8, 4) is 33.4 Å². The number of para-hydroxylation sites is 1. The zero-order chi connectivity index (χ0) is 39.5. The number of fused-ring (bicyclic) bond motifs is 6. The lowest BCUT2D eigenvalue weighted by Crippen LogP contribution is -2.33. The van der Waals surface area contributed by atoms with Crippen LogP contribution in [0.4, 0.5) is 11.4 Å². The monoisotopic (exact) mass is 759 g/mol. The fraction of sp³-hybridized carbons (Fsp3) is 0.123. The molecule has 2 heteroatoms. The minimum absolute atomic E-state index is 0.0325. The van der Waals surface area contributed by atoms with Gasteiger partial charge in [-0.1, -0.05) is 172 Å². The molecule has 1 aromatic heterocycles. The van der Waals surface area contributed by atoms with Crippen molar-refractivity contribution < 1.29 is 4.42 Å². The highest BCUT2D eigenvalue weighted by molar-refractivity contribution is 6.12. The smallest absolute Gasteiger partial charge is 0.136 e. The SMILES string of the molecule is CC1(C)c2ccccc2-c2cc(-c3ccccc3C3=CC=CCC3N(c3cccc(-c4cccc5oc6ccccc6c45)c3)c3cccc(C4C=CC=CC4)c3)ccc21. The highest BCUT2D eigenvalue weighted by Crippen LogP contribution is 2.50. The minimum Gasteiger partial charge on any atom is -0.456 e. The fourth-order valence-electron chi connectivity index (χ4n) is 10.1. The first-order chi connectivity index (χ1) is 29.0. The van der Waals surface area contributed by atoms with Crippen LogP contribution in [0.5, 0.6) is 0 Å². The van der Waals surface area contributed by atoms with E-state index in [4.69, 9.17) is 4.42 Å². The number of allylic oxidation sites excluding steroid dienone is 6. The summed E-state index contributed by atoms with van der Waals surface area (Å²) >= 11 is 0. The van der Waals surface area contributed by atoms with E-state index in [0.717, 1.165) is 40.5 Å². The molecule has 7 aromatic carbocycles. The molecule has 0 fully saturated rings. The van der Waals surface area contributed by atoms with E-state index < -0.39 is 0 Å². The van der Waals surface area contributed by atoms with Crippen molar-refractivity contribution in [3.05, 3.63) is 223 Å². The highest BCUT2D eigenvalue weighted by Gasteiger charge is 2.35. The fourth-order valence-corrected chi connectivity index (χ4v) is 10.1. The molecule has 3 aliphatic carbocycles. The molecule has 0 saturated heterocycles. The molecule has 1 heterocycles. The summed E-state index contributed by atoms with van der Waals surface area (Å²) in [6.07, 6.45) is 17.8. The highest BCUT2D eigenvalue weighted by atomic mass is 16.3. The van der Waals surface area contributed by atoms with Crippen LogP contribution in [-0.4, -0.2) is 6.04 Å². The summed E-state index contributed by atoms with van der Waals surface area (Å²) in [5.41, 5.74) is 18.4. The number of hydrogen-bond donors (Lipinski definition) is 0. The molecule has 59 heavy (non-hydrogen) atoms. The van der Waals surface area contributed by atoms with Crippen LogP contribution in [0.15, 0.2) is 205 Å². The summed E-state index contributed by atoms with van der Waals surface area (Å²) in [4.78, 5) is 2.59. The molecule has 0 radical (unpaired) electrons. The Balaban J connectivity index is 1.06. The van der Waals surface area contributed by atoms with Crippen molar-refractivity contribution in [3.63, 3.8) is 0 Å². The zero-order valence-electron chi connectivity index (χ0n) is 33.5. The Morgan fingerprint density at radius 3 is 2.10 bits per heavy atom. The second kappa shape index (κ2) is 14.2. The third kappa shape index (κ3) is 5.93. The first-order valence-electron chi connectivity index (χ1n) is 21.0. The van der Waals surface area contributed by atoms with E-state index in [-0.39, 0.29) is 11.5 Å². The van der Waals surface area contributed by atoms with E-state index in [9.17, 15) is 0 Å². The molecule has 0 spiro atoms. The van der Waals surface area contributed by atoms with Gasteiger partial charge < -0.3 is 9.32 Å². The van der Waals surface area contributed by atoms with Crippen LogP contribution in [0.1, 0.15) is 54.9 Å². The van der Waals surface area contributed by atoms with Gasteiger partial charge in [-0.3, -0.25) is 0 Å². The van der Waals surface area contributed by atoms with Crippen molar-refractivity contribution in [2.45, 2.75) is 44.1 Å². The van der Waals surface area contributed by atoms with Crippen LogP contribution >= 0.6 is 0 Å². The molecule has 2 unspecified atom stereocenters. The number of nitrogens with zero attached hydrogens (tertiary/aromatic N) is 1. The summed E-state index contributed by atoms with van der Waals surface area (Å²) in [7, 11) is 0. The lowest BCUT2D eigenvalue weighted by atomic mass is 9.81. The van der Waals surface area contributed by atoms with Crippen LogP contribution in [0.3, 0.4) is 0 Å². The van der Waals surface area contributed by atoms with Crippen molar-refractivity contribution >= 4 is 38.9 Å². The zero-order valence-corrected chi connectivity index (χ0v) is 33.5. The van der Waals surface area contributed by atoms with Gasteiger partial charge in [0.25, 0.3) is 0 Å². The Morgan fingerprint density at radius 2 is 1.22 bits per heavy atom. The van der Waals surface area contributed by atoms with Crippen molar-refractivity contribution in [1.82, 2.24) is 0 Å². The van der Waals surface area contributed by atoms with Gasteiger partial charge in [-0.15, -0.1) is 0 Å². The number of furan rings is 1. The maximum atomic E-state index is 6.35. The van der Waals surface area contributed by atoms with Gasteiger partial charge >= 0.3 is 0 Å². The van der Waals surface area contributed by atoms with E-state index in [1.807, 2.05) is 6.07 Å². The summed E-state index contributed by atoms with van der Waals surface area (Å²) in [6.45, 7) is 4.71. The standard InChI is InChI=1S/C57H45NO/c1-57(2)51-29-11-8-25-47(51)50-37-41(33-34-52(50)57)44-23-6-7-24-46(44)48-26-9-12-30-53(48)58(42-21-14-19-39(35-42)38-17-4-3-5-18-38)43-22-15-20-40(36-43)45-28-16-32-55-56(45)49-27-10-13-31-54(49)59-55/h3-17,19-29,31-38,53H,18,30H2,1-2H3. The average Bonchev–Trinajstić information content (AvgIpc) is 3.79. The van der Waals surface area contributed by atoms with E-state index >= 15 is 0 Å². The molecule has 284 valence electrons. The topological polar surface area (TPSA) is 16.4 Å². The normalized spacial score (nSPS) is 17.6. The van der Waals surface area contributed by atoms with E-state index in [2.05, 4.69) is 213 Å². The summed E-state index contributed by atoms with van der Waals surface area (Å²) in [5, 5.41) is 2.29. The van der Waals surface area contributed by atoms with E-state index in [0.29, 0.717) is 5.92 Å². The molecule has 8 aromatic rings. The Kier molecular flexibility index (Phi) is 8.48.